The molecule has 0 radical (unpaired) electrons. The highest BCUT2D eigenvalue weighted by Gasteiger charge is 2.26. The van der Waals surface area contributed by atoms with E-state index in [1.807, 2.05) is 0 Å². The maximum atomic E-state index is 5.16. The molecule has 1 aliphatic carbocycles. The van der Waals surface area contributed by atoms with Crippen molar-refractivity contribution in [3.05, 3.63) is 35.4 Å². The van der Waals surface area contributed by atoms with E-state index >= 15 is 0 Å². The van der Waals surface area contributed by atoms with Gasteiger partial charge in [0.25, 0.3) is 0 Å². The Hall–Kier alpha value is -0.860. The van der Waals surface area contributed by atoms with Crippen LogP contribution in [0, 0.1) is 0 Å². The van der Waals surface area contributed by atoms with Crippen molar-refractivity contribution in [3.63, 3.8) is 0 Å². The third kappa shape index (κ3) is 2.39. The van der Waals surface area contributed by atoms with Gasteiger partial charge in [-0.05, 0) is 29.9 Å². The maximum Gasteiger partial charge on any atom is 0.0770 e. The van der Waals surface area contributed by atoms with Crippen molar-refractivity contribution in [1.82, 2.24) is 0 Å². The Balaban J connectivity index is 2.23. The first-order valence-electron chi connectivity index (χ1n) is 5.55. The minimum Gasteiger partial charge on any atom is -0.304 e. The van der Waals surface area contributed by atoms with Crippen LogP contribution in [0.25, 0.3) is 0 Å². The van der Waals surface area contributed by atoms with Crippen LogP contribution < -0.4 is 5.90 Å². The van der Waals surface area contributed by atoms with Gasteiger partial charge in [-0.2, -0.15) is 0 Å². The summed E-state index contributed by atoms with van der Waals surface area (Å²) in [5.41, 5.74) is 2.79. The van der Waals surface area contributed by atoms with Crippen LogP contribution in [0.15, 0.2) is 24.3 Å². The fourth-order valence-electron chi connectivity index (χ4n) is 1.92. The SMILES string of the molecule is CC(C)(CON)c1cccc(C2CC2)c1. The van der Waals surface area contributed by atoms with Gasteiger partial charge in [-0.3, -0.25) is 0 Å². The first-order chi connectivity index (χ1) is 7.13. The zero-order valence-corrected chi connectivity index (χ0v) is 9.49. The van der Waals surface area contributed by atoms with Gasteiger partial charge in [-0.1, -0.05) is 38.1 Å². The molecule has 0 heterocycles. The van der Waals surface area contributed by atoms with E-state index in [-0.39, 0.29) is 5.41 Å². The monoisotopic (exact) mass is 205 g/mol. The lowest BCUT2D eigenvalue weighted by Crippen LogP contribution is -2.26. The van der Waals surface area contributed by atoms with Crippen LogP contribution in [-0.2, 0) is 10.3 Å². The summed E-state index contributed by atoms with van der Waals surface area (Å²) in [7, 11) is 0. The molecule has 0 saturated heterocycles. The second kappa shape index (κ2) is 3.95. The summed E-state index contributed by atoms with van der Waals surface area (Å²) >= 11 is 0. The normalized spacial score (nSPS) is 16.7. The first kappa shape index (κ1) is 10.7. The van der Waals surface area contributed by atoms with E-state index in [2.05, 4.69) is 38.1 Å². The Kier molecular flexibility index (Phi) is 2.81. The lowest BCUT2D eigenvalue weighted by Gasteiger charge is -2.24. The molecule has 0 bridgehead atoms. The standard InChI is InChI=1S/C13H19NO/c1-13(2,9-15-14)12-5-3-4-11(8-12)10-6-7-10/h3-5,8,10H,6-7,9,14H2,1-2H3. The van der Waals surface area contributed by atoms with E-state index in [4.69, 9.17) is 10.7 Å². The molecule has 1 saturated carbocycles. The zero-order chi connectivity index (χ0) is 10.9. The molecule has 82 valence electrons. The molecule has 2 nitrogen and oxygen atoms in total. The van der Waals surface area contributed by atoms with Gasteiger partial charge in [0, 0.05) is 5.41 Å². The van der Waals surface area contributed by atoms with Crippen LogP contribution in [0.2, 0.25) is 0 Å². The van der Waals surface area contributed by atoms with Crippen LogP contribution in [0.3, 0.4) is 0 Å². The van der Waals surface area contributed by atoms with Crippen molar-refractivity contribution >= 4 is 0 Å². The van der Waals surface area contributed by atoms with Gasteiger partial charge in [0.2, 0.25) is 0 Å². The smallest absolute Gasteiger partial charge is 0.0770 e. The Labute approximate surface area is 91.4 Å². The molecule has 2 rings (SSSR count). The van der Waals surface area contributed by atoms with Gasteiger partial charge in [0.1, 0.15) is 0 Å². The molecule has 0 aromatic heterocycles. The largest absolute Gasteiger partial charge is 0.304 e. The molecular formula is C13H19NO. The Morgan fingerprint density at radius 3 is 2.73 bits per heavy atom. The average molecular weight is 205 g/mol. The van der Waals surface area contributed by atoms with Crippen molar-refractivity contribution in [2.24, 2.45) is 5.90 Å². The minimum atomic E-state index is -0.000347. The summed E-state index contributed by atoms with van der Waals surface area (Å²) in [5.74, 6) is 5.97. The highest BCUT2D eigenvalue weighted by Crippen LogP contribution is 2.41. The molecule has 1 aromatic carbocycles. The fourth-order valence-corrected chi connectivity index (χ4v) is 1.92. The second-order valence-electron chi connectivity index (χ2n) is 5.09. The van der Waals surface area contributed by atoms with Gasteiger partial charge < -0.3 is 4.84 Å². The highest BCUT2D eigenvalue weighted by molar-refractivity contribution is 5.33. The van der Waals surface area contributed by atoms with Crippen LogP contribution in [-0.4, -0.2) is 6.61 Å². The van der Waals surface area contributed by atoms with Crippen LogP contribution in [0.1, 0.15) is 43.7 Å². The molecule has 0 spiro atoms. The second-order valence-corrected chi connectivity index (χ2v) is 5.09. The van der Waals surface area contributed by atoms with Gasteiger partial charge in [0.05, 0.1) is 6.61 Å². The third-order valence-electron chi connectivity index (χ3n) is 3.16. The van der Waals surface area contributed by atoms with Gasteiger partial charge >= 0.3 is 0 Å². The molecule has 0 amide bonds. The summed E-state index contributed by atoms with van der Waals surface area (Å²) in [6.45, 7) is 4.87. The molecule has 2 heteroatoms. The predicted molar refractivity (Wildman–Crippen MR) is 61.6 cm³/mol. The molecule has 1 aliphatic rings. The van der Waals surface area contributed by atoms with Gasteiger partial charge in [0.15, 0.2) is 0 Å². The Morgan fingerprint density at radius 1 is 1.40 bits per heavy atom. The first-order valence-corrected chi connectivity index (χ1v) is 5.55. The summed E-state index contributed by atoms with van der Waals surface area (Å²) in [5, 5.41) is 0. The quantitative estimate of drug-likeness (QED) is 0.767. The van der Waals surface area contributed by atoms with Crippen molar-refractivity contribution in [2.75, 3.05) is 6.61 Å². The molecule has 1 fully saturated rings. The number of hydrogen-bond acceptors (Lipinski definition) is 2. The van der Waals surface area contributed by atoms with Crippen LogP contribution in [0.4, 0.5) is 0 Å². The predicted octanol–water partition coefficient (Wildman–Crippen LogP) is 2.73. The van der Waals surface area contributed by atoms with E-state index < -0.39 is 0 Å². The van der Waals surface area contributed by atoms with Crippen LogP contribution >= 0.6 is 0 Å². The Bertz CT molecular complexity index is 342. The van der Waals surface area contributed by atoms with E-state index in [0.717, 1.165) is 5.92 Å². The highest BCUT2D eigenvalue weighted by atomic mass is 16.6. The van der Waals surface area contributed by atoms with E-state index in [0.29, 0.717) is 6.61 Å². The summed E-state index contributed by atoms with van der Waals surface area (Å²) in [6, 6.07) is 8.82. The van der Waals surface area contributed by atoms with Gasteiger partial charge in [-0.15, -0.1) is 0 Å². The molecule has 2 N–H and O–H groups in total. The minimum absolute atomic E-state index is 0.000347. The lowest BCUT2D eigenvalue weighted by atomic mass is 9.84. The number of hydrogen-bond donors (Lipinski definition) is 1. The molecular weight excluding hydrogens is 186 g/mol. The van der Waals surface area contributed by atoms with Crippen molar-refractivity contribution in [2.45, 2.75) is 38.0 Å². The van der Waals surface area contributed by atoms with Gasteiger partial charge in [-0.25, -0.2) is 5.90 Å². The number of nitrogens with two attached hydrogens (primary N) is 1. The van der Waals surface area contributed by atoms with E-state index in [1.54, 1.807) is 0 Å². The van der Waals surface area contributed by atoms with Crippen molar-refractivity contribution in [3.8, 4) is 0 Å². The lowest BCUT2D eigenvalue weighted by molar-refractivity contribution is 0.0964. The molecule has 0 atom stereocenters. The van der Waals surface area contributed by atoms with E-state index in [9.17, 15) is 0 Å². The van der Waals surface area contributed by atoms with E-state index in [1.165, 1.54) is 24.0 Å². The topological polar surface area (TPSA) is 35.2 Å². The van der Waals surface area contributed by atoms with Crippen molar-refractivity contribution in [1.29, 1.82) is 0 Å². The third-order valence-corrected chi connectivity index (χ3v) is 3.16. The summed E-state index contributed by atoms with van der Waals surface area (Å²) in [6.07, 6.45) is 2.69. The molecule has 15 heavy (non-hydrogen) atoms. The molecule has 0 aliphatic heterocycles. The Morgan fingerprint density at radius 2 is 2.13 bits per heavy atom. The zero-order valence-electron chi connectivity index (χ0n) is 9.49. The van der Waals surface area contributed by atoms with Crippen molar-refractivity contribution < 1.29 is 4.84 Å². The maximum absolute atomic E-state index is 5.16. The summed E-state index contributed by atoms with van der Waals surface area (Å²) in [4.78, 5) is 4.78. The van der Waals surface area contributed by atoms with Crippen LogP contribution in [0.5, 0.6) is 0 Å². The molecule has 1 aromatic rings. The average Bonchev–Trinajstić information content (AvgIpc) is 3.01. The number of rotatable bonds is 4. The number of benzene rings is 1. The molecule has 0 unspecified atom stereocenters. The summed E-state index contributed by atoms with van der Waals surface area (Å²) < 4.78 is 0. The fraction of sp³-hybridized carbons (Fsp3) is 0.538.